The molecule has 5 heteroatoms. The second-order valence-electron chi connectivity index (χ2n) is 4.84. The quantitative estimate of drug-likeness (QED) is 0.795. The lowest BCUT2D eigenvalue weighted by Crippen LogP contribution is -1.98. The topological polar surface area (TPSA) is 43.8 Å². The number of benzene rings is 2. The van der Waals surface area contributed by atoms with Crippen LogP contribution in [0, 0.1) is 5.82 Å². The molecule has 0 radical (unpaired) electrons. The molecule has 3 rings (SSSR count). The summed E-state index contributed by atoms with van der Waals surface area (Å²) in [6.45, 7) is 3.29. The normalized spacial score (nSPS) is 11.2. The Morgan fingerprint density at radius 1 is 1.24 bits per heavy atom. The summed E-state index contributed by atoms with van der Waals surface area (Å²) in [5.74, 6) is 0.355. The Bertz CT molecular complexity index is 811. The maximum atomic E-state index is 13.3. The van der Waals surface area contributed by atoms with Gasteiger partial charge in [-0.2, -0.15) is 0 Å². The van der Waals surface area contributed by atoms with Gasteiger partial charge in [-0.05, 0) is 42.8 Å². The summed E-state index contributed by atoms with van der Waals surface area (Å²) >= 11 is 5.88. The molecular weight excluding hydrogens is 289 g/mol. The van der Waals surface area contributed by atoms with Crippen molar-refractivity contribution in [3.05, 3.63) is 52.8 Å². The second-order valence-corrected chi connectivity index (χ2v) is 5.24. The SMILES string of the molecule is CCn1c(-c2ccc(F)c(Cl)c2)nc2cc(CN)ccc21. The highest BCUT2D eigenvalue weighted by Crippen LogP contribution is 2.28. The molecule has 1 aromatic heterocycles. The van der Waals surface area contributed by atoms with Crippen molar-refractivity contribution >= 4 is 22.6 Å². The largest absolute Gasteiger partial charge is 0.326 e. The van der Waals surface area contributed by atoms with E-state index in [0.29, 0.717) is 6.54 Å². The minimum absolute atomic E-state index is 0.102. The van der Waals surface area contributed by atoms with Crippen LogP contribution in [0.25, 0.3) is 22.4 Å². The number of imidazole rings is 1. The minimum atomic E-state index is -0.426. The number of aryl methyl sites for hydroxylation is 1. The number of hydrogen-bond acceptors (Lipinski definition) is 2. The van der Waals surface area contributed by atoms with Gasteiger partial charge in [-0.1, -0.05) is 17.7 Å². The molecule has 108 valence electrons. The number of halogens is 2. The van der Waals surface area contributed by atoms with Gasteiger partial charge in [0.2, 0.25) is 0 Å². The van der Waals surface area contributed by atoms with E-state index in [1.807, 2.05) is 25.1 Å². The highest BCUT2D eigenvalue weighted by atomic mass is 35.5. The Morgan fingerprint density at radius 2 is 2.05 bits per heavy atom. The van der Waals surface area contributed by atoms with Crippen LogP contribution < -0.4 is 5.73 Å². The van der Waals surface area contributed by atoms with Gasteiger partial charge in [-0.25, -0.2) is 9.37 Å². The molecule has 2 aromatic carbocycles. The standard InChI is InChI=1S/C16H15ClFN3/c1-2-21-15-6-3-10(9-19)7-14(15)20-16(21)11-4-5-13(18)12(17)8-11/h3-8H,2,9,19H2,1H3. The maximum Gasteiger partial charge on any atom is 0.141 e. The molecule has 0 amide bonds. The monoisotopic (exact) mass is 303 g/mol. The van der Waals surface area contributed by atoms with Crippen LogP contribution >= 0.6 is 11.6 Å². The summed E-state index contributed by atoms with van der Waals surface area (Å²) in [6, 6.07) is 10.7. The van der Waals surface area contributed by atoms with Crippen molar-refractivity contribution in [1.29, 1.82) is 0 Å². The van der Waals surface area contributed by atoms with Gasteiger partial charge in [0, 0.05) is 18.7 Å². The van der Waals surface area contributed by atoms with Gasteiger partial charge in [0.05, 0.1) is 16.1 Å². The van der Waals surface area contributed by atoms with E-state index in [0.717, 1.165) is 34.5 Å². The van der Waals surface area contributed by atoms with E-state index < -0.39 is 5.82 Å². The van der Waals surface area contributed by atoms with Crippen LogP contribution in [0.15, 0.2) is 36.4 Å². The smallest absolute Gasteiger partial charge is 0.141 e. The lowest BCUT2D eigenvalue weighted by Gasteiger charge is -2.07. The van der Waals surface area contributed by atoms with Crippen LogP contribution in [0.2, 0.25) is 5.02 Å². The van der Waals surface area contributed by atoms with E-state index in [2.05, 4.69) is 9.55 Å². The molecule has 0 saturated carbocycles. The van der Waals surface area contributed by atoms with Crippen LogP contribution in [0.4, 0.5) is 4.39 Å². The number of nitrogens with zero attached hydrogens (tertiary/aromatic N) is 2. The first-order chi connectivity index (χ1) is 10.1. The number of aromatic nitrogens is 2. The van der Waals surface area contributed by atoms with E-state index in [1.54, 1.807) is 12.1 Å². The van der Waals surface area contributed by atoms with Gasteiger partial charge < -0.3 is 10.3 Å². The molecule has 0 bridgehead atoms. The molecule has 21 heavy (non-hydrogen) atoms. The van der Waals surface area contributed by atoms with Crippen LogP contribution in [0.1, 0.15) is 12.5 Å². The Morgan fingerprint density at radius 3 is 2.71 bits per heavy atom. The molecule has 0 atom stereocenters. The molecule has 0 aliphatic carbocycles. The number of fused-ring (bicyclic) bond motifs is 1. The Kier molecular flexibility index (Phi) is 3.66. The molecule has 0 aliphatic heterocycles. The van der Waals surface area contributed by atoms with E-state index in [4.69, 9.17) is 17.3 Å². The van der Waals surface area contributed by atoms with Crippen molar-refractivity contribution in [2.75, 3.05) is 0 Å². The summed E-state index contributed by atoms with van der Waals surface area (Å²) in [4.78, 5) is 4.66. The van der Waals surface area contributed by atoms with Crippen molar-refractivity contribution in [3.8, 4) is 11.4 Å². The third-order valence-electron chi connectivity index (χ3n) is 3.54. The first kappa shape index (κ1) is 14.0. The van der Waals surface area contributed by atoms with Gasteiger partial charge in [0.1, 0.15) is 11.6 Å². The molecule has 2 N–H and O–H groups in total. The molecule has 0 saturated heterocycles. The van der Waals surface area contributed by atoms with E-state index in [9.17, 15) is 4.39 Å². The average molecular weight is 304 g/mol. The summed E-state index contributed by atoms with van der Waals surface area (Å²) in [5.41, 5.74) is 9.42. The minimum Gasteiger partial charge on any atom is -0.326 e. The molecule has 3 aromatic rings. The third kappa shape index (κ3) is 2.41. The van der Waals surface area contributed by atoms with Gasteiger partial charge in [-0.3, -0.25) is 0 Å². The molecule has 0 aliphatic rings. The van der Waals surface area contributed by atoms with Crippen molar-refractivity contribution in [3.63, 3.8) is 0 Å². The predicted molar refractivity (Wildman–Crippen MR) is 83.7 cm³/mol. The van der Waals surface area contributed by atoms with E-state index >= 15 is 0 Å². The fourth-order valence-electron chi connectivity index (χ4n) is 2.48. The van der Waals surface area contributed by atoms with Crippen molar-refractivity contribution in [2.24, 2.45) is 5.73 Å². The maximum absolute atomic E-state index is 13.3. The van der Waals surface area contributed by atoms with Crippen molar-refractivity contribution in [1.82, 2.24) is 9.55 Å². The van der Waals surface area contributed by atoms with Crippen LogP contribution in [-0.2, 0) is 13.1 Å². The van der Waals surface area contributed by atoms with E-state index in [-0.39, 0.29) is 5.02 Å². The van der Waals surface area contributed by atoms with Gasteiger partial charge in [0.15, 0.2) is 0 Å². The Balaban J connectivity index is 2.23. The Labute approximate surface area is 127 Å². The fourth-order valence-corrected chi connectivity index (χ4v) is 2.66. The number of nitrogens with two attached hydrogens (primary N) is 1. The van der Waals surface area contributed by atoms with Gasteiger partial charge in [0.25, 0.3) is 0 Å². The highest BCUT2D eigenvalue weighted by molar-refractivity contribution is 6.31. The van der Waals surface area contributed by atoms with Crippen LogP contribution in [-0.4, -0.2) is 9.55 Å². The summed E-state index contributed by atoms with van der Waals surface area (Å²) in [6.07, 6.45) is 0. The average Bonchev–Trinajstić information content (AvgIpc) is 2.87. The molecule has 3 nitrogen and oxygen atoms in total. The van der Waals surface area contributed by atoms with Crippen molar-refractivity contribution < 1.29 is 4.39 Å². The first-order valence-corrected chi connectivity index (χ1v) is 7.16. The second kappa shape index (κ2) is 5.47. The van der Waals surface area contributed by atoms with Crippen LogP contribution in [0.5, 0.6) is 0 Å². The number of hydrogen-bond donors (Lipinski definition) is 1. The zero-order valence-electron chi connectivity index (χ0n) is 11.6. The molecule has 0 spiro atoms. The fraction of sp³-hybridized carbons (Fsp3) is 0.188. The Hall–Kier alpha value is -1.91. The zero-order chi connectivity index (χ0) is 15.0. The third-order valence-corrected chi connectivity index (χ3v) is 3.83. The molecule has 1 heterocycles. The summed E-state index contributed by atoms with van der Waals surface area (Å²) in [7, 11) is 0. The van der Waals surface area contributed by atoms with Gasteiger partial charge >= 0.3 is 0 Å². The predicted octanol–water partition coefficient (Wildman–Crippen LogP) is 3.97. The lowest BCUT2D eigenvalue weighted by atomic mass is 10.2. The van der Waals surface area contributed by atoms with E-state index in [1.165, 1.54) is 6.07 Å². The molecular formula is C16H15ClFN3. The van der Waals surface area contributed by atoms with Crippen LogP contribution in [0.3, 0.4) is 0 Å². The van der Waals surface area contributed by atoms with Crippen molar-refractivity contribution in [2.45, 2.75) is 20.0 Å². The zero-order valence-corrected chi connectivity index (χ0v) is 12.4. The first-order valence-electron chi connectivity index (χ1n) is 6.78. The number of rotatable bonds is 3. The lowest BCUT2D eigenvalue weighted by molar-refractivity contribution is 0.628. The highest BCUT2D eigenvalue weighted by Gasteiger charge is 2.13. The molecule has 0 unspecified atom stereocenters. The molecule has 0 fully saturated rings. The van der Waals surface area contributed by atoms with Gasteiger partial charge in [-0.15, -0.1) is 0 Å². The summed E-state index contributed by atoms with van der Waals surface area (Å²) < 4.78 is 15.4. The summed E-state index contributed by atoms with van der Waals surface area (Å²) in [5, 5.41) is 0.102.